The third kappa shape index (κ3) is 5.68. The van der Waals surface area contributed by atoms with Crippen molar-refractivity contribution in [2.45, 2.75) is 19.8 Å². The third-order valence-corrected chi connectivity index (χ3v) is 5.30. The van der Waals surface area contributed by atoms with Crippen LogP contribution in [0, 0.1) is 17.7 Å². The highest BCUT2D eigenvalue weighted by atomic mass is 19.1. The fourth-order valence-electron chi connectivity index (χ4n) is 3.55. The maximum Gasteiger partial charge on any atom is 0.236 e. The molecule has 2 aromatic carbocycles. The largest absolute Gasteiger partial charge is 0.497 e. The molecule has 2 atom stereocenters. The van der Waals surface area contributed by atoms with E-state index in [1.165, 1.54) is 37.6 Å². The van der Waals surface area contributed by atoms with Crippen LogP contribution in [0.15, 0.2) is 73.1 Å². The van der Waals surface area contributed by atoms with Gasteiger partial charge in [-0.1, -0.05) is 19.9 Å². The van der Waals surface area contributed by atoms with Crippen LogP contribution < -0.4 is 10.1 Å². The first-order chi connectivity index (χ1) is 15.8. The maximum atomic E-state index is 13.6. The zero-order chi connectivity index (χ0) is 24.0. The van der Waals surface area contributed by atoms with Crippen LogP contribution in [0.5, 0.6) is 5.75 Å². The lowest BCUT2D eigenvalue weighted by molar-refractivity contribution is -0.133. The Labute approximate surface area is 191 Å². The number of aromatic nitrogens is 1. The molecule has 170 valence electrons. The van der Waals surface area contributed by atoms with Gasteiger partial charge in [0.15, 0.2) is 5.78 Å². The molecule has 0 saturated heterocycles. The fraction of sp³-hybridized carbons (Fsp3) is 0.231. The lowest BCUT2D eigenvalue weighted by Gasteiger charge is -2.26. The lowest BCUT2D eigenvalue weighted by Crippen LogP contribution is -2.40. The summed E-state index contributed by atoms with van der Waals surface area (Å²) in [5, 5.41) is 2.75. The van der Waals surface area contributed by atoms with Crippen molar-refractivity contribution in [1.82, 2.24) is 4.98 Å². The van der Waals surface area contributed by atoms with E-state index in [1.807, 2.05) is 0 Å². The number of carbonyl (C=O) groups excluding carboxylic acids is 3. The van der Waals surface area contributed by atoms with Crippen LogP contribution in [0.4, 0.5) is 10.1 Å². The molecule has 1 N–H and O–H groups in total. The molecular weight excluding hydrogens is 423 g/mol. The summed E-state index contributed by atoms with van der Waals surface area (Å²) in [6.07, 6.45) is 3.01. The number of nitrogens with one attached hydrogen (secondary N) is 1. The van der Waals surface area contributed by atoms with Crippen LogP contribution in [0.3, 0.4) is 0 Å². The smallest absolute Gasteiger partial charge is 0.236 e. The number of hydrogen-bond donors (Lipinski definition) is 1. The average molecular weight is 448 g/mol. The Morgan fingerprint density at radius 3 is 2.18 bits per heavy atom. The monoisotopic (exact) mass is 448 g/mol. The van der Waals surface area contributed by atoms with Crippen molar-refractivity contribution in [3.8, 4) is 5.75 Å². The number of Topliss-reactive ketones (excluding diaryl/α,β-unsaturated/α-hetero) is 2. The van der Waals surface area contributed by atoms with Gasteiger partial charge < -0.3 is 10.1 Å². The molecule has 3 aromatic rings. The molecule has 0 fully saturated rings. The summed E-state index contributed by atoms with van der Waals surface area (Å²) >= 11 is 0. The molecule has 7 heteroatoms. The highest BCUT2D eigenvalue weighted by molar-refractivity contribution is 6.14. The van der Waals surface area contributed by atoms with Gasteiger partial charge in [-0.25, -0.2) is 4.39 Å². The zero-order valence-corrected chi connectivity index (χ0v) is 18.6. The quantitative estimate of drug-likeness (QED) is 0.380. The first kappa shape index (κ1) is 23.8. The van der Waals surface area contributed by atoms with Gasteiger partial charge in [-0.05, 0) is 60.2 Å². The molecule has 0 saturated carbocycles. The standard InChI is InChI=1S/C26H25FN2O4/c1-16(2)24(30)23(26(32)29-20-10-12-21(33-3)13-11-20)22(18-5-4-14-28-15-18)25(31)17-6-8-19(27)9-7-17/h4-16,22-23H,1-3H3,(H,29,32). The maximum absolute atomic E-state index is 13.6. The van der Waals surface area contributed by atoms with Gasteiger partial charge >= 0.3 is 0 Å². The molecule has 0 aliphatic carbocycles. The second kappa shape index (κ2) is 10.6. The molecule has 1 amide bonds. The van der Waals surface area contributed by atoms with E-state index in [0.717, 1.165) is 0 Å². The van der Waals surface area contributed by atoms with Gasteiger partial charge in [-0.2, -0.15) is 0 Å². The normalized spacial score (nSPS) is 12.6. The second-order valence-electron chi connectivity index (χ2n) is 7.89. The number of ketones is 2. The van der Waals surface area contributed by atoms with Crippen molar-refractivity contribution >= 4 is 23.2 Å². The van der Waals surface area contributed by atoms with Gasteiger partial charge in [-0.15, -0.1) is 0 Å². The molecule has 0 radical (unpaired) electrons. The van der Waals surface area contributed by atoms with E-state index in [4.69, 9.17) is 4.74 Å². The van der Waals surface area contributed by atoms with Crippen molar-refractivity contribution in [3.63, 3.8) is 0 Å². The molecule has 0 bridgehead atoms. The summed E-state index contributed by atoms with van der Waals surface area (Å²) in [5.74, 6) is -4.28. The number of methoxy groups -OCH3 is 1. The van der Waals surface area contributed by atoms with Crippen molar-refractivity contribution in [2.24, 2.45) is 11.8 Å². The predicted molar refractivity (Wildman–Crippen MR) is 123 cm³/mol. The summed E-state index contributed by atoms with van der Waals surface area (Å²) in [5.41, 5.74) is 1.08. The number of pyridine rings is 1. The Balaban J connectivity index is 2.05. The summed E-state index contributed by atoms with van der Waals surface area (Å²) in [6.45, 7) is 3.36. The van der Waals surface area contributed by atoms with Crippen LogP contribution in [-0.4, -0.2) is 29.6 Å². The summed E-state index contributed by atoms with van der Waals surface area (Å²) in [4.78, 5) is 44.3. The van der Waals surface area contributed by atoms with E-state index < -0.39 is 35.3 Å². The van der Waals surface area contributed by atoms with E-state index in [9.17, 15) is 18.8 Å². The topological polar surface area (TPSA) is 85.4 Å². The SMILES string of the molecule is COc1ccc(NC(=O)C(C(=O)C(C)C)C(C(=O)c2ccc(F)cc2)c2cccnc2)cc1. The van der Waals surface area contributed by atoms with Crippen LogP contribution in [0.25, 0.3) is 0 Å². The minimum atomic E-state index is -1.31. The molecule has 2 unspecified atom stereocenters. The van der Waals surface area contributed by atoms with E-state index in [2.05, 4.69) is 10.3 Å². The molecule has 33 heavy (non-hydrogen) atoms. The summed E-state index contributed by atoms with van der Waals surface area (Å²) < 4.78 is 18.6. The number of rotatable bonds is 9. The minimum absolute atomic E-state index is 0.198. The number of halogens is 1. The highest BCUT2D eigenvalue weighted by Crippen LogP contribution is 2.32. The van der Waals surface area contributed by atoms with Crippen molar-refractivity contribution in [3.05, 3.63) is 90.0 Å². The molecule has 0 spiro atoms. The Hall–Kier alpha value is -3.87. The van der Waals surface area contributed by atoms with Crippen LogP contribution >= 0.6 is 0 Å². The van der Waals surface area contributed by atoms with Crippen molar-refractivity contribution in [2.75, 3.05) is 12.4 Å². The zero-order valence-electron chi connectivity index (χ0n) is 18.6. The number of carbonyl (C=O) groups is 3. The second-order valence-corrected chi connectivity index (χ2v) is 7.89. The number of ether oxygens (including phenoxy) is 1. The van der Waals surface area contributed by atoms with E-state index in [1.54, 1.807) is 56.4 Å². The Kier molecular flexibility index (Phi) is 7.66. The third-order valence-electron chi connectivity index (χ3n) is 5.30. The molecule has 1 aromatic heterocycles. The highest BCUT2D eigenvalue weighted by Gasteiger charge is 2.41. The van der Waals surface area contributed by atoms with E-state index >= 15 is 0 Å². The molecule has 0 aliphatic rings. The molecular formula is C26H25FN2O4. The number of anilines is 1. The van der Waals surface area contributed by atoms with Gasteiger partial charge in [0.05, 0.1) is 13.0 Å². The number of nitrogens with zero attached hydrogens (tertiary/aromatic N) is 1. The van der Waals surface area contributed by atoms with Crippen LogP contribution in [0.2, 0.25) is 0 Å². The predicted octanol–water partition coefficient (Wildman–Crippen LogP) is 4.68. The molecule has 1 heterocycles. The van der Waals surface area contributed by atoms with Gasteiger partial charge in [0.2, 0.25) is 5.91 Å². The van der Waals surface area contributed by atoms with Gasteiger partial charge in [-0.3, -0.25) is 19.4 Å². The van der Waals surface area contributed by atoms with Crippen molar-refractivity contribution in [1.29, 1.82) is 0 Å². The first-order valence-corrected chi connectivity index (χ1v) is 10.5. The summed E-state index contributed by atoms with van der Waals surface area (Å²) in [6, 6.07) is 15.0. The van der Waals surface area contributed by atoms with Crippen LogP contribution in [0.1, 0.15) is 35.7 Å². The summed E-state index contributed by atoms with van der Waals surface area (Å²) in [7, 11) is 1.53. The molecule has 3 rings (SSSR count). The minimum Gasteiger partial charge on any atom is -0.497 e. The first-order valence-electron chi connectivity index (χ1n) is 10.5. The van der Waals surface area contributed by atoms with E-state index in [-0.39, 0.29) is 11.3 Å². The molecule has 6 nitrogen and oxygen atoms in total. The van der Waals surface area contributed by atoms with Crippen LogP contribution in [-0.2, 0) is 9.59 Å². The Morgan fingerprint density at radius 1 is 0.970 bits per heavy atom. The molecule has 0 aliphatic heterocycles. The Morgan fingerprint density at radius 2 is 1.64 bits per heavy atom. The van der Waals surface area contributed by atoms with Gasteiger partial charge in [0.1, 0.15) is 23.3 Å². The number of benzene rings is 2. The van der Waals surface area contributed by atoms with Crippen molar-refractivity contribution < 1.29 is 23.5 Å². The number of hydrogen-bond acceptors (Lipinski definition) is 5. The van der Waals surface area contributed by atoms with Gasteiger partial charge in [0.25, 0.3) is 0 Å². The fourth-order valence-corrected chi connectivity index (χ4v) is 3.55. The lowest BCUT2D eigenvalue weighted by atomic mass is 9.76. The Bertz CT molecular complexity index is 1110. The average Bonchev–Trinajstić information content (AvgIpc) is 2.83. The van der Waals surface area contributed by atoms with E-state index in [0.29, 0.717) is 17.0 Å². The van der Waals surface area contributed by atoms with Gasteiger partial charge in [0, 0.05) is 29.6 Å². The number of amides is 1.